The average Bonchev–Trinajstić information content (AvgIpc) is 3.65. The molecule has 0 aliphatic carbocycles. The lowest BCUT2D eigenvalue weighted by atomic mass is 10.1. The largest absolute Gasteiger partial charge is 0.495 e. The first-order valence-corrected chi connectivity index (χ1v) is 14.1. The molecule has 6 rings (SSSR count). The Bertz CT molecular complexity index is 1830. The number of nitrogens with one attached hydrogen (secondary N) is 2. The molecule has 43 heavy (non-hydrogen) atoms. The van der Waals surface area contributed by atoms with Gasteiger partial charge in [-0.25, -0.2) is 0 Å². The van der Waals surface area contributed by atoms with Crippen LogP contribution < -0.4 is 24.8 Å². The number of methoxy groups -OCH3 is 1. The molecular formula is C31H26N4O7S. The van der Waals surface area contributed by atoms with Gasteiger partial charge in [-0.05, 0) is 55.1 Å². The maximum absolute atomic E-state index is 13.3. The van der Waals surface area contributed by atoms with Gasteiger partial charge in [-0.15, -0.1) is 0 Å². The van der Waals surface area contributed by atoms with Gasteiger partial charge < -0.3 is 29.4 Å². The van der Waals surface area contributed by atoms with E-state index in [-0.39, 0.29) is 24.2 Å². The van der Waals surface area contributed by atoms with E-state index < -0.39 is 23.6 Å². The summed E-state index contributed by atoms with van der Waals surface area (Å²) >= 11 is 0.768. The van der Waals surface area contributed by atoms with Crippen LogP contribution in [0.5, 0.6) is 17.2 Å². The number of benzene rings is 3. The van der Waals surface area contributed by atoms with Gasteiger partial charge in [-0.1, -0.05) is 30.3 Å². The van der Waals surface area contributed by atoms with Crippen LogP contribution in [-0.4, -0.2) is 52.9 Å². The van der Waals surface area contributed by atoms with E-state index >= 15 is 0 Å². The van der Waals surface area contributed by atoms with Crippen molar-refractivity contribution in [2.75, 3.05) is 31.1 Å². The van der Waals surface area contributed by atoms with Crippen molar-refractivity contribution in [3.8, 4) is 17.2 Å². The lowest BCUT2D eigenvalue weighted by Crippen LogP contribution is -2.36. The second-order valence-electron chi connectivity index (χ2n) is 9.73. The number of hydrogen-bond donors (Lipinski definition) is 2. The first-order chi connectivity index (χ1) is 20.8. The monoisotopic (exact) mass is 598 g/mol. The van der Waals surface area contributed by atoms with Crippen molar-refractivity contribution < 1.29 is 33.4 Å². The predicted octanol–water partition coefficient (Wildman–Crippen LogP) is 5.00. The van der Waals surface area contributed by atoms with Crippen molar-refractivity contribution in [2.24, 2.45) is 0 Å². The second-order valence-corrected chi connectivity index (χ2v) is 10.7. The van der Waals surface area contributed by atoms with E-state index in [1.54, 1.807) is 48.5 Å². The van der Waals surface area contributed by atoms with Crippen LogP contribution in [0.4, 0.5) is 16.2 Å². The fraction of sp³-hybridized carbons (Fsp3) is 0.161. The Kier molecular flexibility index (Phi) is 7.51. The third kappa shape index (κ3) is 5.52. The highest BCUT2D eigenvalue weighted by Gasteiger charge is 2.37. The number of rotatable bonds is 8. The van der Waals surface area contributed by atoms with Gasteiger partial charge in [-0.3, -0.25) is 24.1 Å². The second kappa shape index (κ2) is 11.6. The van der Waals surface area contributed by atoms with Crippen molar-refractivity contribution >= 4 is 63.1 Å². The number of imide groups is 1. The van der Waals surface area contributed by atoms with Crippen LogP contribution in [0.3, 0.4) is 0 Å². The number of hydrogen-bond acceptors (Lipinski definition) is 8. The fourth-order valence-corrected chi connectivity index (χ4v) is 5.83. The normalized spacial score (nSPS) is 14.9. The molecule has 0 radical (unpaired) electrons. The van der Waals surface area contributed by atoms with Crippen molar-refractivity contribution in [2.45, 2.75) is 13.5 Å². The van der Waals surface area contributed by atoms with E-state index in [2.05, 4.69) is 10.6 Å². The maximum Gasteiger partial charge on any atom is 0.294 e. The summed E-state index contributed by atoms with van der Waals surface area (Å²) in [6.45, 7) is 1.56. The Balaban J connectivity index is 1.21. The smallest absolute Gasteiger partial charge is 0.294 e. The summed E-state index contributed by atoms with van der Waals surface area (Å²) in [7, 11) is 1.48. The lowest BCUT2D eigenvalue weighted by molar-refractivity contribution is -0.127. The zero-order valence-corrected chi connectivity index (χ0v) is 24.0. The van der Waals surface area contributed by atoms with Gasteiger partial charge >= 0.3 is 0 Å². The van der Waals surface area contributed by atoms with Gasteiger partial charge in [0, 0.05) is 33.9 Å². The molecule has 1 fully saturated rings. The molecule has 1 saturated heterocycles. The number of carbonyl (C=O) groups is 4. The van der Waals surface area contributed by atoms with E-state index in [9.17, 15) is 19.2 Å². The molecule has 2 aliphatic heterocycles. The highest BCUT2D eigenvalue weighted by molar-refractivity contribution is 8.18. The number of anilines is 2. The molecule has 2 aliphatic rings. The summed E-state index contributed by atoms with van der Waals surface area (Å²) < 4.78 is 17.8. The van der Waals surface area contributed by atoms with Crippen LogP contribution in [0.15, 0.2) is 71.6 Å². The number of carbonyl (C=O) groups excluding carboxylic acids is 4. The summed E-state index contributed by atoms with van der Waals surface area (Å²) in [6.07, 6.45) is 1.65. The van der Waals surface area contributed by atoms with E-state index in [1.165, 1.54) is 7.11 Å². The number of para-hydroxylation sites is 3. The van der Waals surface area contributed by atoms with Crippen LogP contribution in [0, 0.1) is 6.92 Å². The number of ether oxygens (including phenoxy) is 3. The Hall–Kier alpha value is -5.23. The van der Waals surface area contributed by atoms with Gasteiger partial charge in [0.2, 0.25) is 18.6 Å². The minimum Gasteiger partial charge on any atom is -0.495 e. The van der Waals surface area contributed by atoms with Gasteiger partial charge in [0.25, 0.3) is 11.1 Å². The molecule has 0 unspecified atom stereocenters. The summed E-state index contributed by atoms with van der Waals surface area (Å²) in [5, 5.41) is 5.85. The minimum atomic E-state index is -0.568. The number of aromatic nitrogens is 1. The fourth-order valence-electron chi connectivity index (χ4n) is 5.01. The molecule has 11 nitrogen and oxygen atoms in total. The Morgan fingerprint density at radius 2 is 1.70 bits per heavy atom. The molecule has 0 saturated carbocycles. The van der Waals surface area contributed by atoms with E-state index in [0.717, 1.165) is 33.3 Å². The van der Waals surface area contributed by atoms with Gasteiger partial charge in [0.1, 0.15) is 18.8 Å². The molecule has 0 bridgehead atoms. The molecule has 4 aromatic rings. The standard InChI is InChI=1S/C31H26N4O7S/c1-18-21(14-27-30(38)35(31(39)43-27)16-29(37)33-22-8-4-6-10-24(22)40-2)20-7-3-5-9-23(20)34(18)15-28(36)32-19-11-12-25-26(13-19)42-17-41-25/h3-14H,15-17H2,1-2H3,(H,32,36)(H,33,37)/b27-14-. The van der Waals surface area contributed by atoms with Crippen LogP contribution in [-0.2, 0) is 20.9 Å². The number of fused-ring (bicyclic) bond motifs is 2. The first kappa shape index (κ1) is 27.9. The van der Waals surface area contributed by atoms with Crippen molar-refractivity contribution in [1.82, 2.24) is 9.47 Å². The molecule has 4 amide bonds. The molecule has 1 aromatic heterocycles. The van der Waals surface area contributed by atoms with Crippen LogP contribution >= 0.6 is 11.8 Å². The van der Waals surface area contributed by atoms with E-state index in [0.29, 0.717) is 34.2 Å². The minimum absolute atomic E-state index is 0.0131. The summed E-state index contributed by atoms with van der Waals surface area (Å²) in [6, 6.07) is 19.6. The Morgan fingerprint density at radius 1 is 0.953 bits per heavy atom. The average molecular weight is 599 g/mol. The van der Waals surface area contributed by atoms with E-state index in [1.807, 2.05) is 35.8 Å². The first-order valence-electron chi connectivity index (χ1n) is 13.3. The highest BCUT2D eigenvalue weighted by Crippen LogP contribution is 2.36. The van der Waals surface area contributed by atoms with Crippen molar-refractivity contribution in [1.29, 1.82) is 0 Å². The molecule has 2 N–H and O–H groups in total. The summed E-state index contributed by atoms with van der Waals surface area (Å²) in [5.41, 5.74) is 3.25. The Morgan fingerprint density at radius 3 is 2.53 bits per heavy atom. The van der Waals surface area contributed by atoms with Crippen molar-refractivity contribution in [3.63, 3.8) is 0 Å². The highest BCUT2D eigenvalue weighted by atomic mass is 32.2. The van der Waals surface area contributed by atoms with Gasteiger partial charge in [0.05, 0.1) is 17.7 Å². The number of amides is 4. The quantitative estimate of drug-likeness (QED) is 0.271. The van der Waals surface area contributed by atoms with Gasteiger partial charge in [-0.2, -0.15) is 0 Å². The lowest BCUT2D eigenvalue weighted by Gasteiger charge is -2.14. The maximum atomic E-state index is 13.3. The van der Waals surface area contributed by atoms with Crippen molar-refractivity contribution in [3.05, 3.63) is 82.9 Å². The zero-order valence-electron chi connectivity index (χ0n) is 23.2. The third-order valence-corrected chi connectivity index (χ3v) is 7.98. The SMILES string of the molecule is COc1ccccc1NC(=O)CN1C(=O)S/C(=C\c2c(C)n(CC(=O)Nc3ccc4c(c3)OCO4)c3ccccc23)C1=O. The Labute approximate surface area is 250 Å². The zero-order chi connectivity index (χ0) is 30.1. The van der Waals surface area contributed by atoms with Crippen LogP contribution in [0.1, 0.15) is 11.3 Å². The van der Waals surface area contributed by atoms with E-state index in [4.69, 9.17) is 14.2 Å². The topological polar surface area (TPSA) is 128 Å². The molecule has 0 atom stereocenters. The molecular weight excluding hydrogens is 572 g/mol. The van der Waals surface area contributed by atoms with Gasteiger partial charge in [0.15, 0.2) is 11.5 Å². The summed E-state index contributed by atoms with van der Waals surface area (Å²) in [4.78, 5) is 52.9. The third-order valence-electron chi connectivity index (χ3n) is 7.07. The van der Waals surface area contributed by atoms with Crippen LogP contribution in [0.25, 0.3) is 17.0 Å². The predicted molar refractivity (Wildman–Crippen MR) is 162 cm³/mol. The molecule has 3 aromatic carbocycles. The molecule has 0 spiro atoms. The number of nitrogens with zero attached hydrogens (tertiary/aromatic N) is 2. The van der Waals surface area contributed by atoms with Crippen LogP contribution in [0.2, 0.25) is 0 Å². The molecule has 3 heterocycles. The molecule has 12 heteroatoms. The number of thioether (sulfide) groups is 1. The summed E-state index contributed by atoms with van der Waals surface area (Å²) in [5.74, 6) is 0.290. The molecule has 218 valence electrons.